The molecule has 0 amide bonds. The normalized spacial score (nSPS) is 38.2. The molecule has 52 heavy (non-hydrogen) atoms. The van der Waals surface area contributed by atoms with Crippen LogP contribution >= 0.6 is 0 Å². The first-order valence-corrected chi connectivity index (χ1v) is 20.1. The number of rotatable bonds is 13. The van der Waals surface area contributed by atoms with Gasteiger partial charge in [0.05, 0.1) is 12.8 Å². The van der Waals surface area contributed by atoms with Crippen LogP contribution < -0.4 is 27.4 Å². The number of Topliss-reactive ketones (excluding diaryl/α,β-unsaturated/α-hetero) is 2. The molecule has 2 saturated carbocycles. The van der Waals surface area contributed by atoms with E-state index in [-0.39, 0.29) is 60.6 Å². The number of epoxide rings is 1. The van der Waals surface area contributed by atoms with Gasteiger partial charge in [0.1, 0.15) is 0 Å². The molecule has 5 unspecified atom stereocenters. The fourth-order valence-electron chi connectivity index (χ4n) is 10.4. The van der Waals surface area contributed by atoms with Gasteiger partial charge in [0.25, 0.3) is 5.60 Å². The van der Waals surface area contributed by atoms with E-state index >= 15 is 0 Å². The van der Waals surface area contributed by atoms with E-state index in [0.29, 0.717) is 30.6 Å². The Morgan fingerprint density at radius 2 is 1.98 bits per heavy atom. The van der Waals surface area contributed by atoms with Crippen molar-refractivity contribution in [3.8, 4) is 0 Å². The molecular weight excluding hydrogens is 656 g/mol. The number of allylic oxidation sites excluding steroid dienone is 3. The van der Waals surface area contributed by atoms with Crippen molar-refractivity contribution in [1.29, 1.82) is 0 Å². The molecule has 4 aliphatic carbocycles. The lowest BCUT2D eigenvalue weighted by Crippen LogP contribution is -2.60. The van der Waals surface area contributed by atoms with Crippen LogP contribution in [0.4, 0.5) is 0 Å². The van der Waals surface area contributed by atoms with Crippen LogP contribution in [-0.4, -0.2) is 79.7 Å². The van der Waals surface area contributed by atoms with Crippen LogP contribution in [0.15, 0.2) is 40.4 Å². The summed E-state index contributed by atoms with van der Waals surface area (Å²) < 4.78 is 12.6. The molecule has 0 spiro atoms. The number of fused-ring (bicyclic) bond motifs is 3. The van der Waals surface area contributed by atoms with E-state index in [4.69, 9.17) is 20.9 Å². The van der Waals surface area contributed by atoms with Crippen molar-refractivity contribution in [3.05, 3.63) is 35.5 Å². The molecule has 11 nitrogen and oxygen atoms in total. The predicted molar refractivity (Wildman–Crippen MR) is 203 cm³/mol. The van der Waals surface area contributed by atoms with E-state index in [2.05, 4.69) is 59.9 Å². The number of likely N-dealkylation sites (N-methyl/N-ethyl adjacent to an activating group) is 1. The van der Waals surface area contributed by atoms with Gasteiger partial charge in [-0.1, -0.05) is 57.1 Å². The summed E-state index contributed by atoms with van der Waals surface area (Å²) in [4.78, 5) is 48.2. The number of carbonyl (C=O) groups excluding carboxylic acids is 3. The minimum Gasteiger partial charge on any atom is -0.463 e. The number of nitrogens with zero attached hydrogens (tertiary/aromatic N) is 1. The first-order chi connectivity index (χ1) is 24.9. The number of aliphatic imine (C=N–C) groups is 1. The maximum absolute atomic E-state index is 14.8. The number of ether oxygens (including phenoxy) is 2. The molecule has 11 atom stereocenters. The molecule has 7 N–H and O–H groups in total. The maximum atomic E-state index is 14.8. The zero-order valence-electron chi connectivity index (χ0n) is 32.1. The number of carbonyl (C=O) groups is 3. The topological polar surface area (TPSA) is 173 Å². The van der Waals surface area contributed by atoms with Crippen LogP contribution in [-0.2, 0) is 23.9 Å². The van der Waals surface area contributed by atoms with Crippen molar-refractivity contribution in [2.75, 3.05) is 26.7 Å². The minimum absolute atomic E-state index is 0.0157. The third-order valence-electron chi connectivity index (χ3n) is 13.0. The molecule has 2 heterocycles. The molecular formula is C41H64N6O5. The van der Waals surface area contributed by atoms with Gasteiger partial charge in [-0.3, -0.25) is 14.6 Å². The van der Waals surface area contributed by atoms with Crippen LogP contribution in [0.2, 0.25) is 0 Å². The SMILES string of the molecule is CCN[C@H]1C=C2C=CCC[C@H]2C[C@H]1COC(=O)[C@]12O[C@@]1(CC=C(C)C[C@@H](NC(N)=NC)C1CCNC(N)C1)C(=O)C1CCCC(CC(C)C)C1C2=O. The summed E-state index contributed by atoms with van der Waals surface area (Å²) in [5, 5.41) is 10.3. The van der Waals surface area contributed by atoms with Crippen LogP contribution in [0, 0.1) is 41.4 Å². The largest absolute Gasteiger partial charge is 0.463 e. The van der Waals surface area contributed by atoms with Crippen molar-refractivity contribution in [1.82, 2.24) is 16.0 Å². The molecule has 2 saturated heterocycles. The molecule has 0 aromatic carbocycles. The summed E-state index contributed by atoms with van der Waals surface area (Å²) in [7, 11) is 1.66. The van der Waals surface area contributed by atoms with Gasteiger partial charge in [-0.2, -0.15) is 0 Å². The number of guanidine groups is 1. The molecule has 0 bridgehead atoms. The number of ketones is 2. The highest BCUT2D eigenvalue weighted by Gasteiger charge is 2.87. The number of hydrogen-bond acceptors (Lipinski definition) is 9. The Morgan fingerprint density at radius 1 is 1.17 bits per heavy atom. The van der Waals surface area contributed by atoms with E-state index in [1.807, 2.05) is 13.0 Å². The summed E-state index contributed by atoms with van der Waals surface area (Å²) in [5.74, 6) is -0.430. The average molecular weight is 721 g/mol. The summed E-state index contributed by atoms with van der Waals surface area (Å²) >= 11 is 0. The van der Waals surface area contributed by atoms with E-state index < -0.39 is 29.0 Å². The fraction of sp³-hybridized carbons (Fsp3) is 0.756. The molecule has 0 aromatic rings. The van der Waals surface area contributed by atoms with E-state index in [1.54, 1.807) is 7.05 Å². The second-order valence-electron chi connectivity index (χ2n) is 17.0. The van der Waals surface area contributed by atoms with Crippen molar-refractivity contribution in [3.63, 3.8) is 0 Å². The van der Waals surface area contributed by atoms with E-state index in [0.717, 1.165) is 70.0 Å². The predicted octanol–water partition coefficient (Wildman–Crippen LogP) is 4.07. The van der Waals surface area contributed by atoms with Crippen molar-refractivity contribution in [2.45, 2.75) is 128 Å². The highest BCUT2D eigenvalue weighted by Crippen LogP contribution is 2.62. The Hall–Kier alpha value is -2.86. The summed E-state index contributed by atoms with van der Waals surface area (Å²) in [6, 6.07) is 0.0440. The standard InChI is InChI=1S/C41H64N6O5/c1-6-45-32-21-27-11-8-7-10-26(27)20-30(32)23-51-38(50)41-37(49)35-29(18-24(2)3)12-9-13-31(35)36(48)40(41,52-41)16-14-25(4)19-33(47-39(43)44-5)28-15-17-46-34(42)22-28/h8,11,14,21,24,26,28-35,45-46H,6-7,9-10,12-13,15-20,22-23,42H2,1-5H3,(H3,43,44,47)/t26-,28?,29?,30-,31?,32-,33+,34?,35?,40-,41-/m0/s1. The van der Waals surface area contributed by atoms with Gasteiger partial charge in [-0.15, -0.1) is 0 Å². The molecule has 11 heteroatoms. The second kappa shape index (κ2) is 16.2. The number of hydrogen-bond donors (Lipinski definition) is 5. The minimum atomic E-state index is -1.90. The smallest absolute Gasteiger partial charge is 0.350 e. The first-order valence-electron chi connectivity index (χ1n) is 20.1. The molecule has 6 rings (SSSR count). The molecule has 4 fully saturated rings. The maximum Gasteiger partial charge on any atom is 0.350 e. The molecule has 0 radical (unpaired) electrons. The number of piperidine rings is 1. The van der Waals surface area contributed by atoms with Gasteiger partial charge < -0.3 is 36.9 Å². The van der Waals surface area contributed by atoms with Gasteiger partial charge in [-0.05, 0) is 107 Å². The lowest BCUT2D eigenvalue weighted by molar-refractivity contribution is -0.161. The van der Waals surface area contributed by atoms with Gasteiger partial charge in [0.2, 0.25) is 0 Å². The molecule has 2 aliphatic heterocycles. The first kappa shape index (κ1) is 38.9. The fourth-order valence-corrected chi connectivity index (χ4v) is 10.4. The quantitative estimate of drug-likeness (QED) is 0.0466. The molecule has 288 valence electrons. The van der Waals surface area contributed by atoms with Gasteiger partial charge >= 0.3 is 5.97 Å². The third-order valence-corrected chi connectivity index (χ3v) is 13.0. The van der Waals surface area contributed by atoms with Gasteiger partial charge in [-0.25, -0.2) is 4.79 Å². The Bertz CT molecular complexity index is 1470. The monoisotopic (exact) mass is 720 g/mol. The summed E-state index contributed by atoms with van der Waals surface area (Å²) in [6.07, 6.45) is 17.5. The van der Waals surface area contributed by atoms with Crippen LogP contribution in [0.5, 0.6) is 0 Å². The number of nitrogens with one attached hydrogen (secondary N) is 3. The highest BCUT2D eigenvalue weighted by molar-refractivity contribution is 6.23. The van der Waals surface area contributed by atoms with Gasteiger partial charge in [0, 0.05) is 43.3 Å². The Labute approximate surface area is 310 Å². The Balaban J connectivity index is 1.26. The zero-order valence-corrected chi connectivity index (χ0v) is 32.1. The zero-order chi connectivity index (χ0) is 37.2. The summed E-state index contributed by atoms with van der Waals surface area (Å²) in [6.45, 7) is 10.2. The van der Waals surface area contributed by atoms with Crippen LogP contribution in [0.3, 0.4) is 0 Å². The van der Waals surface area contributed by atoms with Crippen molar-refractivity contribution < 1.29 is 23.9 Å². The van der Waals surface area contributed by atoms with E-state index in [9.17, 15) is 14.4 Å². The average Bonchev–Trinajstić information content (AvgIpc) is 3.84. The highest BCUT2D eigenvalue weighted by atomic mass is 16.7. The molecule has 0 aromatic heterocycles. The second-order valence-corrected chi connectivity index (χ2v) is 17.0. The van der Waals surface area contributed by atoms with Crippen LogP contribution in [0.1, 0.15) is 98.3 Å². The van der Waals surface area contributed by atoms with Gasteiger partial charge in [0.15, 0.2) is 23.1 Å². The van der Waals surface area contributed by atoms with Crippen molar-refractivity contribution >= 4 is 23.5 Å². The van der Waals surface area contributed by atoms with Crippen molar-refractivity contribution in [2.24, 2.45) is 57.9 Å². The summed E-state index contributed by atoms with van der Waals surface area (Å²) in [5.41, 5.74) is 11.3. The lowest BCUT2D eigenvalue weighted by atomic mass is 9.57. The lowest BCUT2D eigenvalue weighted by Gasteiger charge is -2.42. The number of nitrogens with two attached hydrogens (primary N) is 2. The molecule has 6 aliphatic rings. The third kappa shape index (κ3) is 7.57. The van der Waals surface area contributed by atoms with Crippen LogP contribution in [0.25, 0.3) is 0 Å². The Kier molecular flexibility index (Phi) is 12.1. The Morgan fingerprint density at radius 3 is 2.71 bits per heavy atom. The van der Waals surface area contributed by atoms with E-state index in [1.165, 1.54) is 5.57 Å². The number of esters is 1.